The fraction of sp³-hybridized carbons (Fsp3) is 0.273. The average molecular weight is 466 g/mol. The first kappa shape index (κ1) is 23.4. The Balaban J connectivity index is 2.14. The zero-order valence-electron chi connectivity index (χ0n) is 17.5. The lowest BCUT2D eigenvalue weighted by Gasteiger charge is -2.37. The number of phenolic OH excluding ortho intramolecular Hbond substituents is 1. The van der Waals surface area contributed by atoms with E-state index in [2.05, 4.69) is 5.32 Å². The first-order chi connectivity index (χ1) is 15.1. The number of halogens is 3. The zero-order chi connectivity index (χ0) is 23.6. The van der Waals surface area contributed by atoms with Gasteiger partial charge in [0.2, 0.25) is 0 Å². The van der Waals surface area contributed by atoms with Gasteiger partial charge in [0.05, 0.1) is 30.9 Å². The Hall–Kier alpha value is -3.27. The summed E-state index contributed by atoms with van der Waals surface area (Å²) in [5.74, 6) is -0.523. The number of allylic oxidation sites excluding steroid dienone is 1. The molecule has 0 amide bonds. The molecule has 0 radical (unpaired) electrons. The van der Waals surface area contributed by atoms with Gasteiger partial charge < -0.3 is 19.9 Å². The van der Waals surface area contributed by atoms with E-state index in [1.54, 1.807) is 26.0 Å². The number of phenols is 1. The zero-order valence-corrected chi connectivity index (χ0v) is 18.3. The number of nitrogens with zero attached hydrogens (tertiary/aromatic N) is 1. The maximum Gasteiger partial charge on any atom is 0.416 e. The average Bonchev–Trinajstić information content (AvgIpc) is 2.74. The van der Waals surface area contributed by atoms with Crippen LogP contribution in [0.5, 0.6) is 11.5 Å². The smallest absolute Gasteiger partial charge is 0.416 e. The van der Waals surface area contributed by atoms with E-state index >= 15 is 0 Å². The minimum atomic E-state index is -4.53. The third kappa shape index (κ3) is 4.50. The van der Waals surface area contributed by atoms with Gasteiger partial charge in [-0.15, -0.1) is 0 Å². The van der Waals surface area contributed by atoms with E-state index in [4.69, 9.17) is 21.7 Å². The minimum absolute atomic E-state index is 0.0695. The van der Waals surface area contributed by atoms with Crippen molar-refractivity contribution in [2.24, 2.45) is 0 Å². The van der Waals surface area contributed by atoms with E-state index < -0.39 is 23.8 Å². The van der Waals surface area contributed by atoms with E-state index in [-0.39, 0.29) is 27.9 Å². The Kier molecular flexibility index (Phi) is 6.63. The number of benzene rings is 2. The Morgan fingerprint density at radius 2 is 1.97 bits per heavy atom. The summed E-state index contributed by atoms with van der Waals surface area (Å²) in [4.78, 5) is 14.1. The van der Waals surface area contributed by atoms with Gasteiger partial charge in [0.1, 0.15) is 0 Å². The largest absolute Gasteiger partial charge is 0.504 e. The highest BCUT2D eigenvalue weighted by molar-refractivity contribution is 7.80. The number of hydrogen-bond acceptors (Lipinski definition) is 5. The van der Waals surface area contributed by atoms with Crippen LogP contribution in [0.1, 0.15) is 31.0 Å². The van der Waals surface area contributed by atoms with Gasteiger partial charge in [-0.05, 0) is 62.0 Å². The highest BCUT2D eigenvalue weighted by Gasteiger charge is 2.37. The van der Waals surface area contributed by atoms with Crippen LogP contribution >= 0.6 is 12.2 Å². The van der Waals surface area contributed by atoms with Crippen LogP contribution < -0.4 is 15.0 Å². The number of carbonyl (C=O) groups excluding carboxylic acids is 1. The van der Waals surface area contributed by atoms with Crippen molar-refractivity contribution in [2.75, 3.05) is 18.6 Å². The van der Waals surface area contributed by atoms with Gasteiger partial charge in [-0.3, -0.25) is 4.90 Å². The van der Waals surface area contributed by atoms with E-state index in [1.165, 1.54) is 30.2 Å². The van der Waals surface area contributed by atoms with Crippen molar-refractivity contribution in [2.45, 2.75) is 26.1 Å². The molecule has 6 nitrogen and oxygen atoms in total. The van der Waals surface area contributed by atoms with E-state index in [0.717, 1.165) is 12.1 Å². The molecule has 1 aliphatic heterocycles. The van der Waals surface area contributed by atoms with Gasteiger partial charge in [-0.25, -0.2) is 4.79 Å². The first-order valence-corrected chi connectivity index (χ1v) is 10.0. The fourth-order valence-electron chi connectivity index (χ4n) is 3.48. The molecule has 1 aliphatic rings. The van der Waals surface area contributed by atoms with Crippen LogP contribution in [0, 0.1) is 0 Å². The Morgan fingerprint density at radius 3 is 2.59 bits per heavy atom. The number of nitrogens with one attached hydrogen (secondary N) is 1. The molecule has 0 saturated carbocycles. The van der Waals surface area contributed by atoms with Crippen LogP contribution in [-0.2, 0) is 15.7 Å². The van der Waals surface area contributed by atoms with Crippen molar-refractivity contribution < 1.29 is 32.5 Å². The molecule has 2 aromatic rings. The Morgan fingerprint density at radius 1 is 1.25 bits per heavy atom. The second-order valence-electron chi connectivity index (χ2n) is 6.92. The van der Waals surface area contributed by atoms with Crippen molar-refractivity contribution >= 4 is 29.0 Å². The number of esters is 1. The van der Waals surface area contributed by atoms with Crippen LogP contribution in [-0.4, -0.2) is 29.9 Å². The molecule has 0 aliphatic carbocycles. The highest BCUT2D eigenvalue weighted by atomic mass is 32.1. The van der Waals surface area contributed by atoms with Crippen LogP contribution in [0.15, 0.2) is 53.7 Å². The molecule has 1 heterocycles. The lowest BCUT2D eigenvalue weighted by atomic mass is 9.94. The molecule has 0 aromatic heterocycles. The summed E-state index contributed by atoms with van der Waals surface area (Å²) in [5.41, 5.74) is 0.335. The normalized spacial score (nSPS) is 16.6. The molecular weight excluding hydrogens is 445 g/mol. The lowest BCUT2D eigenvalue weighted by Crippen LogP contribution is -2.48. The number of anilines is 1. The molecule has 2 aromatic carbocycles. The van der Waals surface area contributed by atoms with Gasteiger partial charge in [-0.2, -0.15) is 13.2 Å². The molecule has 0 spiro atoms. The molecule has 1 atom stereocenters. The molecule has 0 saturated heterocycles. The topological polar surface area (TPSA) is 71.0 Å². The van der Waals surface area contributed by atoms with Gasteiger partial charge in [0, 0.05) is 11.4 Å². The van der Waals surface area contributed by atoms with Crippen molar-refractivity contribution in [3.8, 4) is 11.5 Å². The van der Waals surface area contributed by atoms with E-state index in [9.17, 15) is 23.1 Å². The third-order valence-corrected chi connectivity index (χ3v) is 5.24. The summed E-state index contributed by atoms with van der Waals surface area (Å²) in [6.45, 7) is 3.66. The molecule has 0 fully saturated rings. The molecule has 10 heteroatoms. The quantitative estimate of drug-likeness (QED) is 0.489. The lowest BCUT2D eigenvalue weighted by molar-refractivity contribution is -0.138. The second-order valence-corrected chi connectivity index (χ2v) is 7.30. The van der Waals surface area contributed by atoms with Crippen LogP contribution in [0.4, 0.5) is 18.9 Å². The van der Waals surface area contributed by atoms with Gasteiger partial charge >= 0.3 is 12.1 Å². The Bertz CT molecular complexity index is 1090. The predicted molar refractivity (Wildman–Crippen MR) is 116 cm³/mol. The molecule has 3 rings (SSSR count). The monoisotopic (exact) mass is 466 g/mol. The standard InChI is InChI=1S/C22H21F3N2O4S/c1-4-31-17-10-13(8-9-16(17)28)19-18(20(29)30-3)12(2)27(21(32)26-19)15-7-5-6-14(11-15)22(23,24)25/h5-11,19,28H,4H2,1-3H3,(H,26,32). The van der Waals surface area contributed by atoms with Crippen LogP contribution in [0.3, 0.4) is 0 Å². The van der Waals surface area contributed by atoms with Crippen molar-refractivity contribution in [3.63, 3.8) is 0 Å². The third-order valence-electron chi connectivity index (χ3n) is 4.94. The van der Waals surface area contributed by atoms with Crippen molar-refractivity contribution in [3.05, 3.63) is 64.9 Å². The summed E-state index contributed by atoms with van der Waals surface area (Å²) in [6.07, 6.45) is -4.53. The van der Waals surface area contributed by atoms with Crippen LogP contribution in [0.2, 0.25) is 0 Å². The molecule has 170 valence electrons. The van der Waals surface area contributed by atoms with Gasteiger partial charge in [-0.1, -0.05) is 12.1 Å². The number of ether oxygens (including phenoxy) is 2. The molecular formula is C22H21F3N2O4S. The molecule has 32 heavy (non-hydrogen) atoms. The summed E-state index contributed by atoms with van der Waals surface area (Å²) < 4.78 is 50.0. The number of alkyl halides is 3. The molecule has 2 N–H and O–H groups in total. The fourth-order valence-corrected chi connectivity index (χ4v) is 3.84. The number of thiocarbonyl (C=S) groups is 1. The molecule has 1 unspecified atom stereocenters. The number of hydrogen-bond donors (Lipinski definition) is 2. The minimum Gasteiger partial charge on any atom is -0.504 e. The summed E-state index contributed by atoms with van der Waals surface area (Å²) in [7, 11) is 1.21. The number of rotatable bonds is 5. The number of carbonyl (C=O) groups is 1. The molecule has 0 bridgehead atoms. The number of methoxy groups -OCH3 is 1. The van der Waals surface area contributed by atoms with Crippen molar-refractivity contribution in [1.29, 1.82) is 0 Å². The van der Waals surface area contributed by atoms with Gasteiger partial charge in [0.15, 0.2) is 16.6 Å². The predicted octanol–water partition coefficient (Wildman–Crippen LogP) is 4.69. The van der Waals surface area contributed by atoms with Crippen LogP contribution in [0.25, 0.3) is 0 Å². The number of aromatic hydroxyl groups is 1. The van der Waals surface area contributed by atoms with Gasteiger partial charge in [0.25, 0.3) is 0 Å². The summed E-state index contributed by atoms with van der Waals surface area (Å²) >= 11 is 5.45. The maximum atomic E-state index is 13.2. The maximum absolute atomic E-state index is 13.2. The SMILES string of the molecule is CCOc1cc(C2NC(=S)N(c3cccc(C(F)(F)F)c3)C(C)=C2C(=O)OC)ccc1O. The first-order valence-electron chi connectivity index (χ1n) is 9.61. The Labute approximate surface area is 188 Å². The summed E-state index contributed by atoms with van der Waals surface area (Å²) in [5, 5.41) is 13.1. The van der Waals surface area contributed by atoms with Crippen molar-refractivity contribution in [1.82, 2.24) is 5.32 Å². The van der Waals surface area contributed by atoms with E-state index in [0.29, 0.717) is 17.9 Å². The summed E-state index contributed by atoms with van der Waals surface area (Å²) in [6, 6.07) is 8.47. The highest BCUT2D eigenvalue weighted by Crippen LogP contribution is 2.38. The second kappa shape index (κ2) is 9.07. The van der Waals surface area contributed by atoms with E-state index in [1.807, 2.05) is 0 Å².